The summed E-state index contributed by atoms with van der Waals surface area (Å²) in [6, 6.07) is 8.24. The Morgan fingerprint density at radius 1 is 1.00 bits per heavy atom. The molecule has 0 spiro atoms. The van der Waals surface area contributed by atoms with Gasteiger partial charge >= 0.3 is 0 Å². The Morgan fingerprint density at radius 3 is 2.34 bits per heavy atom. The van der Waals surface area contributed by atoms with Gasteiger partial charge in [-0.15, -0.1) is 0 Å². The van der Waals surface area contributed by atoms with Crippen molar-refractivity contribution in [3.63, 3.8) is 0 Å². The van der Waals surface area contributed by atoms with Crippen molar-refractivity contribution >= 4 is 29.5 Å². The van der Waals surface area contributed by atoms with E-state index in [2.05, 4.69) is 0 Å². The number of amides is 2. The summed E-state index contributed by atoms with van der Waals surface area (Å²) in [5.74, 6) is -1.72. The van der Waals surface area contributed by atoms with E-state index < -0.39 is 17.5 Å². The van der Waals surface area contributed by atoms with Gasteiger partial charge in [0.15, 0.2) is 11.6 Å². The molecular formula is C21H19ClF2N2O3. The maximum Gasteiger partial charge on any atom is 0.257 e. The Kier molecular flexibility index (Phi) is 6.49. The highest BCUT2D eigenvalue weighted by Crippen LogP contribution is 2.19. The largest absolute Gasteiger partial charge is 0.494 e. The molecule has 0 aliphatic carbocycles. The van der Waals surface area contributed by atoms with Crippen molar-refractivity contribution < 1.29 is 23.1 Å². The second kappa shape index (κ2) is 9.05. The van der Waals surface area contributed by atoms with Gasteiger partial charge in [-0.05, 0) is 42.0 Å². The molecule has 0 atom stereocenters. The molecule has 1 heterocycles. The quantitative estimate of drug-likeness (QED) is 0.710. The first-order valence-corrected chi connectivity index (χ1v) is 9.31. The van der Waals surface area contributed by atoms with E-state index in [9.17, 15) is 18.4 Å². The molecule has 1 fully saturated rings. The molecule has 2 amide bonds. The summed E-state index contributed by atoms with van der Waals surface area (Å²) >= 11 is 5.85. The van der Waals surface area contributed by atoms with Gasteiger partial charge in [0, 0.05) is 37.3 Å². The van der Waals surface area contributed by atoms with Crippen LogP contribution in [0.3, 0.4) is 0 Å². The fourth-order valence-electron chi connectivity index (χ4n) is 3.02. The van der Waals surface area contributed by atoms with Crippen molar-refractivity contribution in [1.29, 1.82) is 0 Å². The van der Waals surface area contributed by atoms with Crippen molar-refractivity contribution in [1.82, 2.24) is 9.80 Å². The van der Waals surface area contributed by atoms with Crippen LogP contribution >= 0.6 is 11.6 Å². The van der Waals surface area contributed by atoms with Gasteiger partial charge in [-0.25, -0.2) is 8.78 Å². The van der Waals surface area contributed by atoms with Gasteiger partial charge in [0.1, 0.15) is 5.82 Å². The van der Waals surface area contributed by atoms with E-state index in [0.717, 1.165) is 6.07 Å². The summed E-state index contributed by atoms with van der Waals surface area (Å²) in [7, 11) is 1.38. The molecule has 1 aliphatic rings. The number of benzene rings is 2. The standard InChI is InChI=1S/C21H19ClF2N2O3/c1-29-19-6-2-14(12-18(19)24)3-7-20(27)25-8-10-26(11-9-25)21(28)16-13-15(22)4-5-17(16)23/h2-7,12-13H,8-11H2,1H3/b7-3+. The summed E-state index contributed by atoms with van der Waals surface area (Å²) in [5.41, 5.74) is 0.445. The van der Waals surface area contributed by atoms with Gasteiger partial charge in [0.25, 0.3) is 5.91 Å². The van der Waals surface area contributed by atoms with Gasteiger partial charge in [0.2, 0.25) is 5.91 Å². The lowest BCUT2D eigenvalue weighted by Crippen LogP contribution is -2.50. The number of piperazine rings is 1. The van der Waals surface area contributed by atoms with Crippen LogP contribution in [0.4, 0.5) is 8.78 Å². The lowest BCUT2D eigenvalue weighted by molar-refractivity contribution is -0.127. The first-order valence-electron chi connectivity index (χ1n) is 8.94. The van der Waals surface area contributed by atoms with Crippen LogP contribution in [0, 0.1) is 11.6 Å². The molecule has 2 aromatic carbocycles. The van der Waals surface area contributed by atoms with E-state index in [1.807, 2.05) is 0 Å². The number of hydrogen-bond donors (Lipinski definition) is 0. The molecule has 5 nitrogen and oxygen atoms in total. The maximum absolute atomic E-state index is 13.9. The average molecular weight is 421 g/mol. The second-order valence-corrected chi connectivity index (χ2v) is 6.91. The van der Waals surface area contributed by atoms with Crippen molar-refractivity contribution in [3.05, 3.63) is 70.3 Å². The van der Waals surface area contributed by atoms with Gasteiger partial charge in [-0.1, -0.05) is 17.7 Å². The van der Waals surface area contributed by atoms with Crippen LogP contribution < -0.4 is 4.74 Å². The Balaban J connectivity index is 1.58. The smallest absolute Gasteiger partial charge is 0.257 e. The third-order valence-corrected chi connectivity index (χ3v) is 4.87. The maximum atomic E-state index is 13.9. The molecule has 2 aromatic rings. The third kappa shape index (κ3) is 4.92. The van der Waals surface area contributed by atoms with Crippen LogP contribution in [0.25, 0.3) is 6.08 Å². The van der Waals surface area contributed by atoms with Crippen LogP contribution in [0.5, 0.6) is 5.75 Å². The number of methoxy groups -OCH3 is 1. The summed E-state index contributed by atoms with van der Waals surface area (Å²) in [6.45, 7) is 1.19. The Hall–Kier alpha value is -2.93. The molecule has 0 saturated carbocycles. The second-order valence-electron chi connectivity index (χ2n) is 6.47. The predicted molar refractivity (Wildman–Crippen MR) is 106 cm³/mol. The summed E-state index contributed by atoms with van der Waals surface area (Å²) in [6.07, 6.45) is 2.87. The third-order valence-electron chi connectivity index (χ3n) is 4.63. The van der Waals surface area contributed by atoms with E-state index in [1.165, 1.54) is 48.4 Å². The highest BCUT2D eigenvalue weighted by molar-refractivity contribution is 6.31. The summed E-state index contributed by atoms with van der Waals surface area (Å²) in [4.78, 5) is 27.9. The van der Waals surface area contributed by atoms with Crippen LogP contribution in [-0.2, 0) is 4.79 Å². The number of nitrogens with zero attached hydrogens (tertiary/aromatic N) is 2. The summed E-state index contributed by atoms with van der Waals surface area (Å²) in [5, 5.41) is 0.281. The molecule has 29 heavy (non-hydrogen) atoms. The molecule has 0 radical (unpaired) electrons. The molecule has 3 rings (SSSR count). The number of ether oxygens (including phenoxy) is 1. The number of carbonyl (C=O) groups excluding carboxylic acids is 2. The van der Waals surface area contributed by atoms with E-state index >= 15 is 0 Å². The average Bonchev–Trinajstić information content (AvgIpc) is 2.73. The van der Waals surface area contributed by atoms with Crippen molar-refractivity contribution in [2.24, 2.45) is 0 Å². The minimum Gasteiger partial charge on any atom is -0.494 e. The van der Waals surface area contributed by atoms with Crippen LogP contribution in [-0.4, -0.2) is 54.9 Å². The molecule has 152 valence electrons. The van der Waals surface area contributed by atoms with E-state index in [-0.39, 0.29) is 35.3 Å². The molecule has 1 saturated heterocycles. The number of hydrogen-bond acceptors (Lipinski definition) is 3. The SMILES string of the molecule is COc1ccc(/C=C/C(=O)N2CCN(C(=O)c3cc(Cl)ccc3F)CC2)cc1F. The highest BCUT2D eigenvalue weighted by Gasteiger charge is 2.25. The number of rotatable bonds is 4. The molecule has 8 heteroatoms. The molecular weight excluding hydrogens is 402 g/mol. The zero-order chi connectivity index (χ0) is 21.0. The first kappa shape index (κ1) is 20.8. The molecule has 0 N–H and O–H groups in total. The first-order chi connectivity index (χ1) is 13.9. The van der Waals surface area contributed by atoms with Gasteiger partial charge < -0.3 is 14.5 Å². The van der Waals surface area contributed by atoms with Gasteiger partial charge in [0.05, 0.1) is 12.7 Å². The van der Waals surface area contributed by atoms with Crippen molar-refractivity contribution in [2.75, 3.05) is 33.3 Å². The Labute approximate surface area is 172 Å². The lowest BCUT2D eigenvalue weighted by Gasteiger charge is -2.34. The zero-order valence-electron chi connectivity index (χ0n) is 15.7. The monoisotopic (exact) mass is 420 g/mol. The van der Waals surface area contributed by atoms with Crippen LogP contribution in [0.15, 0.2) is 42.5 Å². The molecule has 0 unspecified atom stereocenters. The van der Waals surface area contributed by atoms with Gasteiger partial charge in [-0.3, -0.25) is 9.59 Å². The van der Waals surface area contributed by atoms with Crippen LogP contribution in [0.1, 0.15) is 15.9 Å². The predicted octanol–water partition coefficient (Wildman–Crippen LogP) is 3.62. The van der Waals surface area contributed by atoms with E-state index in [0.29, 0.717) is 18.7 Å². The van der Waals surface area contributed by atoms with E-state index in [1.54, 1.807) is 11.0 Å². The van der Waals surface area contributed by atoms with E-state index in [4.69, 9.17) is 16.3 Å². The molecule has 0 aromatic heterocycles. The highest BCUT2D eigenvalue weighted by atomic mass is 35.5. The minimum atomic E-state index is -0.632. The molecule has 0 bridgehead atoms. The van der Waals surface area contributed by atoms with Crippen molar-refractivity contribution in [2.45, 2.75) is 0 Å². The molecule has 1 aliphatic heterocycles. The Bertz CT molecular complexity index is 957. The zero-order valence-corrected chi connectivity index (χ0v) is 16.5. The van der Waals surface area contributed by atoms with Crippen LogP contribution in [0.2, 0.25) is 5.02 Å². The topological polar surface area (TPSA) is 49.9 Å². The lowest BCUT2D eigenvalue weighted by atomic mass is 10.1. The fraction of sp³-hybridized carbons (Fsp3) is 0.238. The van der Waals surface area contributed by atoms with Gasteiger partial charge in [-0.2, -0.15) is 0 Å². The number of carbonyl (C=O) groups is 2. The normalized spacial score (nSPS) is 14.3. The fourth-order valence-corrected chi connectivity index (χ4v) is 3.19. The number of halogens is 3. The minimum absolute atomic E-state index is 0.0845. The van der Waals surface area contributed by atoms with Crippen molar-refractivity contribution in [3.8, 4) is 5.75 Å². The Morgan fingerprint density at radius 2 is 1.69 bits per heavy atom. The summed E-state index contributed by atoms with van der Waals surface area (Å²) < 4.78 is 32.5.